The summed E-state index contributed by atoms with van der Waals surface area (Å²) >= 11 is 4.66. The number of fused-ring (bicyclic) bond motifs is 1. The van der Waals surface area contributed by atoms with Crippen molar-refractivity contribution in [3.8, 4) is 0 Å². The summed E-state index contributed by atoms with van der Waals surface area (Å²) < 4.78 is 5.30. The molecule has 0 spiro atoms. The van der Waals surface area contributed by atoms with Crippen molar-refractivity contribution in [1.29, 1.82) is 0 Å². The molecule has 0 saturated carbocycles. The molecule has 1 heterocycles. The molecule has 0 fully saturated rings. The second kappa shape index (κ2) is 4.75. The lowest BCUT2D eigenvalue weighted by Gasteiger charge is -2.00. The average molecular weight is 247 g/mol. The van der Waals surface area contributed by atoms with Gasteiger partial charge in [0.2, 0.25) is 0 Å². The molecule has 5 nitrogen and oxygen atoms in total. The van der Waals surface area contributed by atoms with E-state index in [9.17, 15) is 4.79 Å². The van der Waals surface area contributed by atoms with Crippen molar-refractivity contribution < 1.29 is 9.21 Å². The Morgan fingerprint density at radius 3 is 2.94 bits per heavy atom. The summed E-state index contributed by atoms with van der Waals surface area (Å²) in [6, 6.07) is 7.24. The summed E-state index contributed by atoms with van der Waals surface area (Å²) in [5.41, 5.74) is 8.71. The summed E-state index contributed by atoms with van der Waals surface area (Å²) in [6.45, 7) is 0. The maximum absolute atomic E-state index is 10.9. The van der Waals surface area contributed by atoms with Crippen LogP contribution in [0.2, 0.25) is 0 Å². The van der Waals surface area contributed by atoms with Crippen LogP contribution in [0.3, 0.4) is 0 Å². The van der Waals surface area contributed by atoms with Gasteiger partial charge in [0.05, 0.1) is 5.56 Å². The maximum Gasteiger partial charge on any atom is 0.184 e. The van der Waals surface area contributed by atoms with E-state index < -0.39 is 0 Å². The van der Waals surface area contributed by atoms with Gasteiger partial charge in [0.1, 0.15) is 17.2 Å². The van der Waals surface area contributed by atoms with Crippen LogP contribution in [0.5, 0.6) is 0 Å². The van der Waals surface area contributed by atoms with Crippen molar-refractivity contribution in [3.05, 3.63) is 41.4 Å². The second-order valence-corrected chi connectivity index (χ2v) is 3.68. The first kappa shape index (κ1) is 11.3. The fraction of sp³-hybridized carbons (Fsp3) is 0. The molecule has 6 heteroatoms. The molecule has 0 atom stereocenters. The zero-order valence-corrected chi connectivity index (χ0v) is 9.53. The highest BCUT2D eigenvalue weighted by Gasteiger charge is 2.03. The van der Waals surface area contributed by atoms with Gasteiger partial charge in [-0.3, -0.25) is 10.2 Å². The number of carbonyl (C=O) groups is 1. The molecule has 0 amide bonds. The molecule has 1 aromatic heterocycles. The minimum absolute atomic E-state index is 0.0340. The molecule has 0 aliphatic rings. The summed E-state index contributed by atoms with van der Waals surface area (Å²) in [5, 5.41) is 5.19. The van der Waals surface area contributed by atoms with Gasteiger partial charge in [-0.1, -0.05) is 12.1 Å². The first-order valence-corrected chi connectivity index (χ1v) is 5.18. The fourth-order valence-electron chi connectivity index (χ4n) is 1.42. The smallest absolute Gasteiger partial charge is 0.184 e. The topological polar surface area (TPSA) is 80.6 Å². The number of para-hydroxylation sites is 1. The summed E-state index contributed by atoms with van der Waals surface area (Å²) in [7, 11) is 0. The van der Waals surface area contributed by atoms with Crippen LogP contribution in [-0.2, 0) is 0 Å². The highest BCUT2D eigenvalue weighted by Crippen LogP contribution is 2.09. The average Bonchev–Trinajstić information content (AvgIpc) is 2.35. The second-order valence-electron chi connectivity index (χ2n) is 3.24. The Kier molecular flexibility index (Phi) is 3.15. The molecule has 0 radical (unpaired) electrons. The highest BCUT2D eigenvalue weighted by atomic mass is 32.1. The van der Waals surface area contributed by atoms with Crippen molar-refractivity contribution in [1.82, 2.24) is 5.43 Å². The largest absolute Gasteiger partial charge is 0.463 e. The van der Waals surface area contributed by atoms with E-state index >= 15 is 0 Å². The molecule has 2 aromatic rings. The van der Waals surface area contributed by atoms with Crippen molar-refractivity contribution in [2.75, 3.05) is 0 Å². The number of nitrogens with one attached hydrogen (secondary N) is 1. The number of nitrogens with zero attached hydrogens (tertiary/aromatic N) is 1. The number of carbonyl (C=O) groups excluding carboxylic acids is 1. The van der Waals surface area contributed by atoms with Gasteiger partial charge >= 0.3 is 0 Å². The number of hydrogen-bond donors (Lipinski definition) is 2. The van der Waals surface area contributed by atoms with Crippen LogP contribution in [0.4, 0.5) is 0 Å². The van der Waals surface area contributed by atoms with E-state index in [1.54, 1.807) is 12.1 Å². The standard InChI is InChI=1S/C11H9N3O2S/c12-11(17)14-13-10-7(5-15)6-16-9-4-2-1-3-8(9)10/h1-6H,(H3,12,14,17)/b13-10-. The SMILES string of the molecule is NC(=S)N/N=c1/c(C=O)coc2ccccc12. The van der Waals surface area contributed by atoms with Crippen LogP contribution in [0.25, 0.3) is 11.0 Å². The number of benzene rings is 1. The lowest BCUT2D eigenvalue weighted by molar-refractivity contribution is 0.112. The predicted octanol–water partition coefficient (Wildman–Crippen LogP) is 0.894. The monoisotopic (exact) mass is 247 g/mol. The maximum atomic E-state index is 10.9. The van der Waals surface area contributed by atoms with E-state index in [-0.39, 0.29) is 5.11 Å². The Morgan fingerprint density at radius 2 is 2.24 bits per heavy atom. The first-order chi connectivity index (χ1) is 8.22. The molecular weight excluding hydrogens is 238 g/mol. The third-order valence-electron chi connectivity index (χ3n) is 2.13. The zero-order valence-electron chi connectivity index (χ0n) is 8.71. The number of nitrogens with two attached hydrogens (primary N) is 1. The van der Waals surface area contributed by atoms with Crippen molar-refractivity contribution >= 4 is 34.6 Å². The van der Waals surface area contributed by atoms with Gasteiger partial charge in [0, 0.05) is 5.39 Å². The van der Waals surface area contributed by atoms with Crippen LogP contribution < -0.4 is 16.5 Å². The summed E-state index contributed by atoms with van der Waals surface area (Å²) in [6.07, 6.45) is 2.01. The van der Waals surface area contributed by atoms with Gasteiger partial charge in [0.25, 0.3) is 0 Å². The number of rotatable bonds is 2. The minimum Gasteiger partial charge on any atom is -0.463 e. The summed E-state index contributed by atoms with van der Waals surface area (Å²) in [5.74, 6) is 0. The summed E-state index contributed by atoms with van der Waals surface area (Å²) in [4.78, 5) is 10.9. The van der Waals surface area contributed by atoms with Crippen molar-refractivity contribution in [3.63, 3.8) is 0 Å². The Hall–Kier alpha value is -2.21. The van der Waals surface area contributed by atoms with Crippen LogP contribution in [0.15, 0.2) is 40.0 Å². The fourth-order valence-corrected chi connectivity index (χ4v) is 1.47. The van der Waals surface area contributed by atoms with Crippen LogP contribution >= 0.6 is 12.2 Å². The molecule has 0 bridgehead atoms. The number of aldehydes is 1. The third-order valence-corrected chi connectivity index (χ3v) is 2.22. The molecule has 0 aliphatic carbocycles. The normalized spacial score (nSPS) is 11.4. The first-order valence-electron chi connectivity index (χ1n) is 4.77. The van der Waals surface area contributed by atoms with Crippen molar-refractivity contribution in [2.24, 2.45) is 10.8 Å². The molecular formula is C11H9N3O2S. The van der Waals surface area contributed by atoms with Crippen molar-refractivity contribution in [2.45, 2.75) is 0 Å². The van der Waals surface area contributed by atoms with Gasteiger partial charge in [-0.15, -0.1) is 0 Å². The molecule has 3 N–H and O–H groups in total. The van der Waals surface area contributed by atoms with Crippen LogP contribution in [-0.4, -0.2) is 11.4 Å². The molecule has 0 aliphatic heterocycles. The van der Waals surface area contributed by atoms with Gasteiger partial charge in [-0.25, -0.2) is 0 Å². The minimum atomic E-state index is 0.0340. The Labute approximate surface area is 102 Å². The third kappa shape index (κ3) is 2.31. The lowest BCUT2D eigenvalue weighted by Crippen LogP contribution is -2.27. The molecule has 0 saturated heterocycles. The Morgan fingerprint density at radius 1 is 1.47 bits per heavy atom. The van der Waals surface area contributed by atoms with E-state index in [1.165, 1.54) is 6.26 Å². The van der Waals surface area contributed by atoms with Gasteiger partial charge in [-0.2, -0.15) is 5.10 Å². The van der Waals surface area contributed by atoms with Gasteiger partial charge in [0.15, 0.2) is 11.4 Å². The zero-order chi connectivity index (χ0) is 12.3. The van der Waals surface area contributed by atoms with Gasteiger partial charge in [-0.05, 0) is 24.4 Å². The van der Waals surface area contributed by atoms with E-state index in [2.05, 4.69) is 22.7 Å². The van der Waals surface area contributed by atoms with Crippen LogP contribution in [0, 0.1) is 0 Å². The molecule has 86 valence electrons. The quantitative estimate of drug-likeness (QED) is 0.468. The lowest BCUT2D eigenvalue weighted by atomic mass is 10.2. The number of hydrogen-bond acceptors (Lipinski definition) is 4. The van der Waals surface area contributed by atoms with E-state index in [0.29, 0.717) is 28.2 Å². The van der Waals surface area contributed by atoms with E-state index in [0.717, 1.165) is 0 Å². The Bertz CT molecular complexity index is 648. The van der Waals surface area contributed by atoms with E-state index in [4.69, 9.17) is 10.2 Å². The van der Waals surface area contributed by atoms with E-state index in [1.807, 2.05) is 12.1 Å². The molecule has 2 rings (SSSR count). The molecule has 17 heavy (non-hydrogen) atoms. The molecule has 0 unspecified atom stereocenters. The number of thiocarbonyl (C=S) groups is 1. The highest BCUT2D eigenvalue weighted by molar-refractivity contribution is 7.80. The Balaban J connectivity index is 2.75. The molecule has 1 aromatic carbocycles. The predicted molar refractivity (Wildman–Crippen MR) is 67.1 cm³/mol. The van der Waals surface area contributed by atoms with Gasteiger partial charge < -0.3 is 10.2 Å². The van der Waals surface area contributed by atoms with Crippen LogP contribution in [0.1, 0.15) is 10.4 Å².